The summed E-state index contributed by atoms with van der Waals surface area (Å²) in [5, 5.41) is 11.9. The number of hydrogen-bond acceptors (Lipinski definition) is 4. The van der Waals surface area contributed by atoms with Crippen LogP contribution in [0.2, 0.25) is 0 Å². The standard InChI is InChI=1S/C16H26N2O5/c1-10(19)17-15(11-5-3-4-6-11)16(22)18-9-13(23-2)7-12(18)8-14(20)21/h11-13,15H,3-9H2,1-2H3,(H,17,19)(H,20,21). The van der Waals surface area contributed by atoms with E-state index in [4.69, 9.17) is 9.84 Å². The van der Waals surface area contributed by atoms with Crippen LogP contribution in [-0.2, 0) is 19.1 Å². The van der Waals surface area contributed by atoms with Crippen molar-refractivity contribution < 1.29 is 24.2 Å². The molecular weight excluding hydrogens is 300 g/mol. The lowest BCUT2D eigenvalue weighted by molar-refractivity contribution is -0.142. The lowest BCUT2D eigenvalue weighted by atomic mass is 9.96. The molecule has 1 aliphatic heterocycles. The zero-order valence-corrected chi connectivity index (χ0v) is 13.8. The molecule has 2 aliphatic rings. The van der Waals surface area contributed by atoms with Gasteiger partial charge in [-0.15, -0.1) is 0 Å². The first-order valence-electron chi connectivity index (χ1n) is 8.24. The van der Waals surface area contributed by atoms with Crippen molar-refractivity contribution >= 4 is 17.8 Å². The van der Waals surface area contributed by atoms with Gasteiger partial charge in [0.2, 0.25) is 11.8 Å². The van der Waals surface area contributed by atoms with Gasteiger partial charge in [0.15, 0.2) is 0 Å². The van der Waals surface area contributed by atoms with Gasteiger partial charge in [-0.25, -0.2) is 0 Å². The molecule has 0 aromatic rings. The number of carboxylic acid groups (broad SMARTS) is 1. The van der Waals surface area contributed by atoms with Gasteiger partial charge >= 0.3 is 5.97 Å². The average Bonchev–Trinajstić information content (AvgIpc) is 3.12. The number of hydrogen-bond donors (Lipinski definition) is 2. The molecule has 2 fully saturated rings. The Labute approximate surface area is 136 Å². The number of aliphatic carboxylic acids is 1. The monoisotopic (exact) mass is 326 g/mol. The summed E-state index contributed by atoms with van der Waals surface area (Å²) < 4.78 is 5.32. The second-order valence-corrected chi connectivity index (χ2v) is 6.56. The van der Waals surface area contributed by atoms with Crippen LogP contribution in [0.5, 0.6) is 0 Å². The quantitative estimate of drug-likeness (QED) is 0.752. The summed E-state index contributed by atoms with van der Waals surface area (Å²) in [5.41, 5.74) is 0. The third-order valence-electron chi connectivity index (χ3n) is 4.90. The first kappa shape index (κ1) is 17.7. The van der Waals surface area contributed by atoms with E-state index in [1.165, 1.54) is 6.92 Å². The Morgan fingerprint density at radius 1 is 1.30 bits per heavy atom. The molecule has 7 heteroatoms. The van der Waals surface area contributed by atoms with Gasteiger partial charge in [-0.2, -0.15) is 0 Å². The Kier molecular flexibility index (Phi) is 5.98. The summed E-state index contributed by atoms with van der Waals surface area (Å²) >= 11 is 0. The van der Waals surface area contributed by atoms with E-state index in [2.05, 4.69) is 5.32 Å². The number of nitrogens with zero attached hydrogens (tertiary/aromatic N) is 1. The number of likely N-dealkylation sites (tertiary alicyclic amines) is 1. The Morgan fingerprint density at radius 2 is 1.96 bits per heavy atom. The molecule has 2 N–H and O–H groups in total. The molecule has 1 saturated heterocycles. The summed E-state index contributed by atoms with van der Waals surface area (Å²) in [6.45, 7) is 1.79. The van der Waals surface area contributed by atoms with E-state index < -0.39 is 12.0 Å². The number of rotatable bonds is 6. The van der Waals surface area contributed by atoms with Crippen molar-refractivity contribution in [2.45, 2.75) is 63.6 Å². The molecule has 0 spiro atoms. The fraction of sp³-hybridized carbons (Fsp3) is 0.812. The molecule has 3 unspecified atom stereocenters. The molecule has 1 saturated carbocycles. The van der Waals surface area contributed by atoms with Gasteiger partial charge < -0.3 is 20.1 Å². The molecule has 3 atom stereocenters. The molecule has 7 nitrogen and oxygen atoms in total. The molecule has 2 rings (SSSR count). The first-order chi connectivity index (χ1) is 10.9. The smallest absolute Gasteiger partial charge is 0.305 e. The minimum atomic E-state index is -0.929. The number of ether oxygens (including phenoxy) is 1. The highest BCUT2D eigenvalue weighted by atomic mass is 16.5. The summed E-state index contributed by atoms with van der Waals surface area (Å²) in [6, 6.07) is -0.926. The topological polar surface area (TPSA) is 95.9 Å². The van der Waals surface area contributed by atoms with Gasteiger partial charge in [-0.05, 0) is 25.2 Å². The third kappa shape index (κ3) is 4.43. The van der Waals surface area contributed by atoms with Crippen molar-refractivity contribution in [2.75, 3.05) is 13.7 Å². The maximum Gasteiger partial charge on any atom is 0.305 e. The number of methoxy groups -OCH3 is 1. The molecule has 0 bridgehead atoms. The molecule has 1 aliphatic carbocycles. The number of carboxylic acids is 1. The summed E-state index contributed by atoms with van der Waals surface area (Å²) in [5.74, 6) is -1.19. The van der Waals surface area contributed by atoms with E-state index in [1.807, 2.05) is 0 Å². The lowest BCUT2D eigenvalue weighted by Crippen LogP contribution is -2.53. The fourth-order valence-electron chi connectivity index (χ4n) is 3.78. The molecule has 23 heavy (non-hydrogen) atoms. The minimum absolute atomic E-state index is 0.0942. The van der Waals surface area contributed by atoms with E-state index >= 15 is 0 Å². The maximum absolute atomic E-state index is 13.0. The van der Waals surface area contributed by atoms with Gasteiger partial charge in [-0.3, -0.25) is 14.4 Å². The van der Waals surface area contributed by atoms with Crippen molar-refractivity contribution in [3.63, 3.8) is 0 Å². The van der Waals surface area contributed by atoms with Crippen LogP contribution in [0, 0.1) is 5.92 Å². The number of amides is 2. The number of nitrogens with one attached hydrogen (secondary N) is 1. The molecule has 1 heterocycles. The van der Waals surface area contributed by atoms with Crippen LogP contribution in [0.1, 0.15) is 45.4 Å². The highest BCUT2D eigenvalue weighted by Crippen LogP contribution is 2.31. The number of carbonyl (C=O) groups excluding carboxylic acids is 2. The van der Waals surface area contributed by atoms with E-state index in [0.717, 1.165) is 25.7 Å². The van der Waals surface area contributed by atoms with Crippen molar-refractivity contribution in [1.82, 2.24) is 10.2 Å². The highest BCUT2D eigenvalue weighted by Gasteiger charge is 2.41. The largest absolute Gasteiger partial charge is 0.481 e. The summed E-state index contributed by atoms with van der Waals surface area (Å²) in [4.78, 5) is 37.2. The maximum atomic E-state index is 13.0. The SMILES string of the molecule is COC1CC(CC(=O)O)N(C(=O)C(NC(C)=O)C2CCCC2)C1. The molecule has 0 radical (unpaired) electrons. The molecular formula is C16H26N2O5. The van der Waals surface area contributed by atoms with E-state index in [0.29, 0.717) is 13.0 Å². The van der Waals surface area contributed by atoms with Crippen LogP contribution in [-0.4, -0.2) is 59.6 Å². The number of carbonyl (C=O) groups is 3. The van der Waals surface area contributed by atoms with Crippen molar-refractivity contribution in [3.05, 3.63) is 0 Å². The normalized spacial score (nSPS) is 26.3. The Hall–Kier alpha value is -1.63. The lowest BCUT2D eigenvalue weighted by Gasteiger charge is -2.31. The van der Waals surface area contributed by atoms with E-state index in [1.54, 1.807) is 12.0 Å². The Balaban J connectivity index is 2.14. The second-order valence-electron chi connectivity index (χ2n) is 6.56. The van der Waals surface area contributed by atoms with Crippen LogP contribution in [0.25, 0.3) is 0 Å². The van der Waals surface area contributed by atoms with Crippen molar-refractivity contribution in [2.24, 2.45) is 5.92 Å². The van der Waals surface area contributed by atoms with Crippen LogP contribution >= 0.6 is 0 Å². The molecule has 2 amide bonds. The van der Waals surface area contributed by atoms with Crippen LogP contribution < -0.4 is 5.32 Å². The predicted molar refractivity (Wildman–Crippen MR) is 82.7 cm³/mol. The van der Waals surface area contributed by atoms with E-state index in [9.17, 15) is 14.4 Å². The Bertz CT molecular complexity index is 461. The minimum Gasteiger partial charge on any atom is -0.481 e. The molecule has 0 aromatic carbocycles. The molecule has 130 valence electrons. The third-order valence-corrected chi connectivity index (χ3v) is 4.90. The Morgan fingerprint density at radius 3 is 2.48 bits per heavy atom. The van der Waals surface area contributed by atoms with Crippen molar-refractivity contribution in [3.8, 4) is 0 Å². The van der Waals surface area contributed by atoms with Gasteiger partial charge in [0, 0.05) is 26.6 Å². The first-order valence-corrected chi connectivity index (χ1v) is 8.24. The van der Waals surface area contributed by atoms with Gasteiger partial charge in [0.25, 0.3) is 0 Å². The van der Waals surface area contributed by atoms with E-state index in [-0.39, 0.29) is 36.3 Å². The van der Waals surface area contributed by atoms with Crippen molar-refractivity contribution in [1.29, 1.82) is 0 Å². The van der Waals surface area contributed by atoms with Crippen LogP contribution in [0.3, 0.4) is 0 Å². The highest BCUT2D eigenvalue weighted by molar-refractivity contribution is 5.88. The zero-order chi connectivity index (χ0) is 17.0. The van der Waals surface area contributed by atoms with Crippen LogP contribution in [0.4, 0.5) is 0 Å². The second kappa shape index (κ2) is 7.77. The fourth-order valence-corrected chi connectivity index (χ4v) is 3.78. The van der Waals surface area contributed by atoms with Gasteiger partial charge in [0.1, 0.15) is 6.04 Å². The van der Waals surface area contributed by atoms with Gasteiger partial charge in [-0.1, -0.05) is 12.8 Å². The predicted octanol–water partition coefficient (Wildman–Crippen LogP) is 0.772. The van der Waals surface area contributed by atoms with Crippen LogP contribution in [0.15, 0.2) is 0 Å². The molecule has 0 aromatic heterocycles. The summed E-state index contributed by atoms with van der Waals surface area (Å²) in [7, 11) is 1.57. The van der Waals surface area contributed by atoms with Gasteiger partial charge in [0.05, 0.1) is 12.5 Å². The average molecular weight is 326 g/mol. The summed E-state index contributed by atoms with van der Waals surface area (Å²) in [6.07, 6.45) is 4.24. The zero-order valence-electron chi connectivity index (χ0n) is 13.8.